The fourth-order valence-corrected chi connectivity index (χ4v) is 4.68. The van der Waals surface area contributed by atoms with Crippen LogP contribution in [0.4, 0.5) is 5.82 Å². The maximum absolute atomic E-state index is 13.1. The predicted molar refractivity (Wildman–Crippen MR) is 111 cm³/mol. The van der Waals surface area contributed by atoms with Crippen molar-refractivity contribution >= 4 is 26.8 Å². The van der Waals surface area contributed by atoms with Gasteiger partial charge in [0.1, 0.15) is 28.0 Å². The van der Waals surface area contributed by atoms with Crippen molar-refractivity contribution in [2.45, 2.75) is 17.6 Å². The van der Waals surface area contributed by atoms with Crippen LogP contribution in [0.15, 0.2) is 56.6 Å². The molecule has 0 fully saturated rings. The summed E-state index contributed by atoms with van der Waals surface area (Å²) in [5.41, 5.74) is 0.646. The van der Waals surface area contributed by atoms with Crippen LogP contribution in [-0.4, -0.2) is 43.0 Å². The van der Waals surface area contributed by atoms with Crippen LogP contribution in [-0.2, 0) is 16.6 Å². The van der Waals surface area contributed by atoms with Crippen LogP contribution in [0, 0.1) is 0 Å². The number of methoxy groups -OCH3 is 2. The van der Waals surface area contributed by atoms with Gasteiger partial charge in [0.05, 0.1) is 27.0 Å². The highest BCUT2D eigenvalue weighted by molar-refractivity contribution is 7.92. The zero-order chi connectivity index (χ0) is 22.9. The minimum atomic E-state index is -4.23. The van der Waals surface area contributed by atoms with E-state index in [2.05, 4.69) is 14.9 Å². The number of nitrogens with one attached hydrogen (secondary N) is 1. The molecule has 2 heterocycles. The van der Waals surface area contributed by atoms with Crippen molar-refractivity contribution in [3.8, 4) is 11.5 Å². The number of hydrogen-bond donors (Lipinski definition) is 3. The van der Waals surface area contributed by atoms with Crippen LogP contribution in [0.5, 0.6) is 11.5 Å². The van der Waals surface area contributed by atoms with E-state index >= 15 is 0 Å². The van der Waals surface area contributed by atoms with Crippen molar-refractivity contribution < 1.29 is 37.0 Å². The largest absolute Gasteiger partial charge is 0.496 e. The van der Waals surface area contributed by atoms with Crippen LogP contribution < -0.4 is 14.2 Å². The third-order valence-electron chi connectivity index (χ3n) is 4.73. The van der Waals surface area contributed by atoms with Crippen LogP contribution in [0.1, 0.15) is 23.1 Å². The van der Waals surface area contributed by atoms with Crippen molar-refractivity contribution in [1.82, 2.24) is 10.1 Å². The molecular formula is C20H19N3O8S. The summed E-state index contributed by atoms with van der Waals surface area (Å²) in [5, 5.41) is 24.2. The Kier molecular flexibility index (Phi) is 5.74. The first-order valence-corrected chi connectivity index (χ1v) is 10.7. The number of ether oxygens (including phenoxy) is 2. The number of anilines is 1. The average molecular weight is 461 g/mol. The molecule has 12 heteroatoms. The smallest absolute Gasteiger partial charge is 0.267 e. The molecule has 0 bridgehead atoms. The summed E-state index contributed by atoms with van der Waals surface area (Å²) >= 11 is 0. The molecule has 4 aromatic rings. The highest BCUT2D eigenvalue weighted by atomic mass is 32.2. The number of hydrogen-bond acceptors (Lipinski definition) is 10. The monoisotopic (exact) mass is 461 g/mol. The van der Waals surface area contributed by atoms with E-state index in [1.807, 2.05) is 0 Å². The van der Waals surface area contributed by atoms with Gasteiger partial charge in [-0.1, -0.05) is 17.3 Å². The number of aliphatic hydroxyl groups excluding tert-OH is 2. The molecule has 1 unspecified atom stereocenters. The predicted octanol–water partition coefficient (Wildman–Crippen LogP) is 2.21. The second kappa shape index (κ2) is 8.49. The molecule has 32 heavy (non-hydrogen) atoms. The molecule has 2 aromatic carbocycles. The molecule has 0 aliphatic heterocycles. The highest BCUT2D eigenvalue weighted by Gasteiger charge is 2.28. The highest BCUT2D eigenvalue weighted by Crippen LogP contribution is 2.38. The minimum absolute atomic E-state index is 0.0557. The zero-order valence-corrected chi connectivity index (χ0v) is 17.8. The summed E-state index contributed by atoms with van der Waals surface area (Å²) in [7, 11) is -1.53. The Hall–Kier alpha value is -3.61. The Balaban J connectivity index is 1.78. The van der Waals surface area contributed by atoms with E-state index < -0.39 is 22.7 Å². The van der Waals surface area contributed by atoms with Crippen molar-refractivity contribution in [3.63, 3.8) is 0 Å². The van der Waals surface area contributed by atoms with E-state index in [-0.39, 0.29) is 44.6 Å². The number of oxazole rings is 1. The number of rotatable bonds is 8. The molecule has 2 aromatic heterocycles. The lowest BCUT2D eigenvalue weighted by atomic mass is 10.1. The van der Waals surface area contributed by atoms with E-state index in [1.54, 1.807) is 6.07 Å². The quantitative estimate of drug-likeness (QED) is 0.355. The van der Waals surface area contributed by atoms with E-state index in [0.717, 1.165) is 0 Å². The standard InChI is InChI=1S/C20H19N3O8S/c1-28-13-5-3-4-11(10-24)18(13)32(26,27)23-19-16-14(29-2)8-12(9-15(16)31-22-19)17(25)20-21-6-7-30-20/h3-9,17,24-25H,10H2,1-2H3,(H,22,23). The molecule has 0 amide bonds. The van der Waals surface area contributed by atoms with E-state index in [1.165, 1.54) is 50.9 Å². The van der Waals surface area contributed by atoms with Gasteiger partial charge >= 0.3 is 0 Å². The molecule has 11 nitrogen and oxygen atoms in total. The molecule has 0 radical (unpaired) electrons. The molecular weight excluding hydrogens is 442 g/mol. The molecule has 0 spiro atoms. The molecule has 0 saturated carbocycles. The lowest BCUT2D eigenvalue weighted by Gasteiger charge is -2.14. The second-order valence-corrected chi connectivity index (χ2v) is 8.23. The average Bonchev–Trinajstić information content (AvgIpc) is 3.47. The third-order valence-corrected chi connectivity index (χ3v) is 6.19. The Bertz CT molecular complexity index is 1330. The van der Waals surface area contributed by atoms with Gasteiger partial charge in [-0.25, -0.2) is 13.4 Å². The van der Waals surface area contributed by atoms with Gasteiger partial charge in [-0.3, -0.25) is 4.72 Å². The van der Waals surface area contributed by atoms with Crippen molar-refractivity contribution in [2.24, 2.45) is 0 Å². The Morgan fingerprint density at radius 1 is 1.19 bits per heavy atom. The molecule has 3 N–H and O–H groups in total. The Labute approximate surface area is 182 Å². The van der Waals surface area contributed by atoms with Gasteiger partial charge < -0.3 is 28.6 Å². The number of aliphatic hydroxyl groups is 2. The fraction of sp³-hybridized carbons (Fsp3) is 0.200. The van der Waals surface area contributed by atoms with Crippen molar-refractivity contribution in [2.75, 3.05) is 18.9 Å². The van der Waals surface area contributed by atoms with E-state index in [9.17, 15) is 18.6 Å². The first-order chi connectivity index (χ1) is 15.4. The molecule has 4 rings (SSSR count). The van der Waals surface area contributed by atoms with Gasteiger partial charge in [0, 0.05) is 5.56 Å². The van der Waals surface area contributed by atoms with Gasteiger partial charge in [0.25, 0.3) is 10.0 Å². The zero-order valence-electron chi connectivity index (χ0n) is 17.0. The first-order valence-electron chi connectivity index (χ1n) is 9.24. The van der Waals surface area contributed by atoms with Crippen molar-refractivity contribution in [3.05, 3.63) is 59.8 Å². The van der Waals surface area contributed by atoms with Gasteiger partial charge in [-0.2, -0.15) is 0 Å². The topological polar surface area (TPSA) is 157 Å². The molecule has 168 valence electrons. The van der Waals surface area contributed by atoms with E-state index in [4.69, 9.17) is 18.4 Å². The van der Waals surface area contributed by atoms with Gasteiger partial charge in [-0.15, -0.1) is 0 Å². The van der Waals surface area contributed by atoms with Crippen LogP contribution in [0.3, 0.4) is 0 Å². The maximum Gasteiger partial charge on any atom is 0.267 e. The van der Waals surface area contributed by atoms with E-state index in [0.29, 0.717) is 5.56 Å². The number of fused-ring (bicyclic) bond motifs is 1. The lowest BCUT2D eigenvalue weighted by Crippen LogP contribution is -2.17. The Morgan fingerprint density at radius 2 is 1.97 bits per heavy atom. The van der Waals surface area contributed by atoms with Crippen LogP contribution in [0.2, 0.25) is 0 Å². The summed E-state index contributed by atoms with van der Waals surface area (Å²) in [4.78, 5) is 3.69. The molecule has 0 aliphatic rings. The Morgan fingerprint density at radius 3 is 2.62 bits per heavy atom. The van der Waals surface area contributed by atoms with Crippen molar-refractivity contribution in [1.29, 1.82) is 0 Å². The third kappa shape index (κ3) is 3.75. The summed E-state index contributed by atoms with van der Waals surface area (Å²) in [6.07, 6.45) is 1.52. The lowest BCUT2D eigenvalue weighted by molar-refractivity contribution is 0.182. The molecule has 0 aliphatic carbocycles. The fourth-order valence-electron chi connectivity index (χ4n) is 3.29. The molecule has 1 atom stereocenters. The van der Waals surface area contributed by atoms with Gasteiger partial charge in [0.15, 0.2) is 17.5 Å². The number of nitrogens with zero attached hydrogens (tertiary/aromatic N) is 2. The van der Waals surface area contributed by atoms with Crippen LogP contribution >= 0.6 is 0 Å². The number of sulfonamides is 1. The summed E-state index contributed by atoms with van der Waals surface area (Å²) in [5.74, 6) is 0.188. The minimum Gasteiger partial charge on any atom is -0.496 e. The normalized spacial score (nSPS) is 12.6. The summed E-state index contributed by atoms with van der Waals surface area (Å²) < 4.78 is 49.6. The summed E-state index contributed by atoms with van der Waals surface area (Å²) in [6.45, 7) is -0.515. The maximum atomic E-state index is 13.1. The van der Waals surface area contributed by atoms with Gasteiger partial charge in [-0.05, 0) is 23.8 Å². The number of aromatic nitrogens is 2. The summed E-state index contributed by atoms with van der Waals surface area (Å²) in [6, 6.07) is 7.47. The molecule has 0 saturated heterocycles. The first kappa shape index (κ1) is 21.6. The van der Waals surface area contributed by atoms with Gasteiger partial charge in [0.2, 0.25) is 5.89 Å². The number of benzene rings is 2. The SMILES string of the molecule is COc1cccc(CO)c1S(=O)(=O)Nc1noc2cc(C(O)c3ncco3)cc(OC)c12. The second-order valence-electron chi connectivity index (χ2n) is 6.61. The van der Waals surface area contributed by atoms with Crippen LogP contribution in [0.25, 0.3) is 11.0 Å².